The van der Waals surface area contributed by atoms with Crippen molar-refractivity contribution in [2.75, 3.05) is 0 Å². The van der Waals surface area contributed by atoms with Crippen LogP contribution in [-0.2, 0) is 0 Å². The van der Waals surface area contributed by atoms with E-state index in [0.29, 0.717) is 35.0 Å². The predicted octanol–water partition coefficient (Wildman–Crippen LogP) is -1.38. The van der Waals surface area contributed by atoms with Gasteiger partial charge in [0.05, 0.1) is 14.6 Å². The third-order valence-electron chi connectivity index (χ3n) is 4.70. The van der Waals surface area contributed by atoms with Gasteiger partial charge in [-0.3, -0.25) is 0 Å². The number of benzene rings is 3. The second-order valence-corrected chi connectivity index (χ2v) is 11.7. The number of fused-ring (bicyclic) bond motifs is 2. The number of carboxylic acid groups (broad SMARTS) is 1. The Morgan fingerprint density at radius 1 is 0.939 bits per heavy atom. The molecule has 0 spiro atoms. The number of ether oxygens (including phenoxy) is 1. The van der Waals surface area contributed by atoms with Crippen LogP contribution in [0.5, 0.6) is 17.2 Å². The van der Waals surface area contributed by atoms with Gasteiger partial charge < -0.3 is 19.7 Å². The molecule has 1 aliphatic rings. The van der Waals surface area contributed by atoms with E-state index in [4.69, 9.17) is 27.9 Å². The Morgan fingerprint density at radius 2 is 1.55 bits per heavy atom. The molecule has 12 heteroatoms. The quantitative estimate of drug-likeness (QED) is 0.184. The smallest absolute Gasteiger partial charge is 0.871 e. The summed E-state index contributed by atoms with van der Waals surface area (Å²) in [5.74, 6) is -0.803. The van der Waals surface area contributed by atoms with Crippen LogP contribution in [0.25, 0.3) is 12.2 Å². The Labute approximate surface area is 298 Å². The van der Waals surface area contributed by atoms with E-state index < -0.39 is 5.97 Å². The maximum atomic E-state index is 12.6. The third kappa shape index (κ3) is 5.57. The van der Waals surface area contributed by atoms with Crippen LogP contribution in [0.3, 0.4) is 0 Å². The molecule has 0 atom stereocenters. The average molecular weight is 947 g/mol. The van der Waals surface area contributed by atoms with Gasteiger partial charge >= 0.3 is 59.1 Å². The Hall–Kier alpha value is 1.97. The van der Waals surface area contributed by atoms with Crippen LogP contribution in [0.1, 0.15) is 21.5 Å². The summed E-state index contributed by atoms with van der Waals surface area (Å²) in [6, 6.07) is 6.49. The van der Waals surface area contributed by atoms with Crippen molar-refractivity contribution in [2.24, 2.45) is 0 Å². The summed E-state index contributed by atoms with van der Waals surface area (Å²) in [4.78, 5) is 12.1. The maximum Gasteiger partial charge on any atom is 1.00 e. The molecule has 0 bridgehead atoms. The number of hydrogen-bond donors (Lipinski definition) is 0. The molecule has 1 heterocycles. The van der Waals surface area contributed by atoms with Crippen LogP contribution >= 0.6 is 114 Å². The van der Waals surface area contributed by atoms with Crippen molar-refractivity contribution in [1.82, 2.24) is 0 Å². The van der Waals surface area contributed by atoms with Gasteiger partial charge in [0, 0.05) is 43.2 Å². The summed E-state index contributed by atoms with van der Waals surface area (Å²) in [7, 11) is 0. The van der Waals surface area contributed by atoms with Crippen molar-refractivity contribution in [1.29, 1.82) is 0 Å². The van der Waals surface area contributed by atoms with Gasteiger partial charge in [-0.25, -0.2) is 0 Å². The second kappa shape index (κ2) is 12.2. The Kier molecular flexibility index (Phi) is 11.5. The van der Waals surface area contributed by atoms with Crippen LogP contribution in [0.4, 0.5) is 0 Å². The first-order chi connectivity index (χ1) is 14.5. The summed E-state index contributed by atoms with van der Waals surface area (Å²) in [6.07, 6.45) is 0. The van der Waals surface area contributed by atoms with Crippen molar-refractivity contribution < 1.29 is 78.9 Å². The van der Waals surface area contributed by atoms with Crippen molar-refractivity contribution in [2.45, 2.75) is 0 Å². The van der Waals surface area contributed by atoms with E-state index >= 15 is 0 Å². The van der Waals surface area contributed by atoms with Crippen molar-refractivity contribution in [3.05, 3.63) is 75.7 Å². The van der Waals surface area contributed by atoms with Crippen LogP contribution in [0.15, 0.2) is 24.3 Å². The predicted molar refractivity (Wildman–Crippen MR) is 150 cm³/mol. The SMILES string of the molecule is C=c1c(I)cc2c(c1I)Oc1c(cc(I)c([O-])c1I)C=2c1c(Cl)ccc(Cl)c1C(=O)[O-].[Na+].[Na+]. The monoisotopic (exact) mass is 946 g/mol. The van der Waals surface area contributed by atoms with Gasteiger partial charge in [0.1, 0.15) is 11.5 Å². The molecular weight excluding hydrogens is 941 g/mol. The van der Waals surface area contributed by atoms with E-state index in [1.165, 1.54) is 12.1 Å². The first-order valence-electron chi connectivity index (χ1n) is 8.32. The van der Waals surface area contributed by atoms with Gasteiger partial charge in [-0.15, -0.1) is 0 Å². The van der Waals surface area contributed by atoms with E-state index in [0.717, 1.165) is 12.4 Å². The number of halogens is 6. The molecule has 0 amide bonds. The minimum atomic E-state index is -1.45. The fourth-order valence-electron chi connectivity index (χ4n) is 3.31. The van der Waals surface area contributed by atoms with Crippen LogP contribution in [-0.4, -0.2) is 5.97 Å². The van der Waals surface area contributed by atoms with Gasteiger partial charge in [0.25, 0.3) is 0 Å². The van der Waals surface area contributed by atoms with E-state index in [1.54, 1.807) is 6.07 Å². The zero-order valence-electron chi connectivity index (χ0n) is 16.9. The van der Waals surface area contributed by atoms with Crippen LogP contribution in [0.2, 0.25) is 10.0 Å². The summed E-state index contributed by atoms with van der Waals surface area (Å²) >= 11 is 21.0. The van der Waals surface area contributed by atoms with Gasteiger partial charge in [0.2, 0.25) is 0 Å². The van der Waals surface area contributed by atoms with E-state index in [-0.39, 0.29) is 86.0 Å². The van der Waals surface area contributed by atoms with Gasteiger partial charge in [-0.2, -0.15) is 0 Å². The number of hydrogen-bond acceptors (Lipinski definition) is 4. The minimum absolute atomic E-state index is 0. The molecule has 0 aliphatic carbocycles. The molecule has 3 aromatic rings. The standard InChI is InChI=1S/C21H8Cl2I4O4.2Na/c1-6-11(24)4-7-13(14-9(22)2-3-10(23)15(14)21(29)30)8-5-12(25)18(28)17(27)20(8)31-19(7)16(6)26;;/h2-5,28H,1H2,(H,29,30);;/q;2*+1/p-2. The summed E-state index contributed by atoms with van der Waals surface area (Å²) in [5, 5.41) is 26.3. The summed E-state index contributed by atoms with van der Waals surface area (Å²) in [6.45, 7) is 4.09. The number of rotatable bonds is 2. The molecule has 0 aromatic heterocycles. The number of carbonyl (C=O) groups is 1. The molecule has 158 valence electrons. The summed E-state index contributed by atoms with van der Waals surface area (Å²) < 4.78 is 8.68. The van der Waals surface area contributed by atoms with E-state index in [1.807, 2.05) is 51.2 Å². The summed E-state index contributed by atoms with van der Waals surface area (Å²) in [5.41, 5.74) is 1.06. The van der Waals surface area contributed by atoms with Gasteiger partial charge in [-0.1, -0.05) is 35.5 Å². The van der Waals surface area contributed by atoms with Crippen LogP contribution < -0.4 is 84.5 Å². The molecule has 0 radical (unpaired) electrons. The van der Waals surface area contributed by atoms with E-state index in [2.05, 4.69) is 51.8 Å². The Balaban J connectivity index is 0.00000193. The zero-order valence-corrected chi connectivity index (χ0v) is 31.1. The Bertz CT molecular complexity index is 1450. The molecule has 0 fully saturated rings. The zero-order chi connectivity index (χ0) is 22.8. The number of carbonyl (C=O) groups excluding carboxylic acids is 1. The van der Waals surface area contributed by atoms with E-state index in [9.17, 15) is 15.0 Å². The second-order valence-electron chi connectivity index (χ2n) is 6.45. The van der Waals surface area contributed by atoms with Crippen molar-refractivity contribution in [3.8, 4) is 17.2 Å². The topological polar surface area (TPSA) is 72.4 Å². The molecule has 0 unspecified atom stereocenters. The maximum absolute atomic E-state index is 12.6. The fraction of sp³-hybridized carbons (Fsp3) is 0. The normalized spacial score (nSPS) is 11.5. The number of aromatic carboxylic acids is 1. The minimum Gasteiger partial charge on any atom is -0.871 e. The molecular formula is C21H6Cl2I4Na2O4. The average Bonchev–Trinajstić information content (AvgIpc) is 2.71. The molecule has 0 N–H and O–H groups in total. The Morgan fingerprint density at radius 3 is 2.15 bits per heavy atom. The molecule has 33 heavy (non-hydrogen) atoms. The molecule has 1 aliphatic heterocycles. The van der Waals surface area contributed by atoms with Gasteiger partial charge in [-0.05, 0) is 120 Å². The third-order valence-corrected chi connectivity index (χ3v) is 9.21. The van der Waals surface area contributed by atoms with Crippen LogP contribution in [0, 0.1) is 14.3 Å². The fourth-order valence-corrected chi connectivity index (χ4v) is 7.37. The number of carboxylic acids is 1. The molecule has 4 rings (SSSR count). The van der Waals surface area contributed by atoms with Crippen molar-refractivity contribution in [3.63, 3.8) is 0 Å². The molecule has 0 saturated carbocycles. The molecule has 3 aromatic carbocycles. The molecule has 4 nitrogen and oxygen atoms in total. The largest absolute Gasteiger partial charge is 1.00 e. The molecule has 0 saturated heterocycles. The first-order valence-corrected chi connectivity index (χ1v) is 13.4. The van der Waals surface area contributed by atoms with Crippen molar-refractivity contribution >= 4 is 132 Å². The van der Waals surface area contributed by atoms with Gasteiger partial charge in [0.15, 0.2) is 0 Å². The first kappa shape index (κ1) is 31.2.